The second kappa shape index (κ2) is 5.05. The van der Waals surface area contributed by atoms with Crippen LogP contribution in [0, 0.1) is 5.82 Å². The van der Waals surface area contributed by atoms with Gasteiger partial charge < -0.3 is 5.73 Å². The Bertz CT molecular complexity index is 555. The maximum absolute atomic E-state index is 13.6. The highest BCUT2D eigenvalue weighted by atomic mass is 35.5. The Kier molecular flexibility index (Phi) is 3.67. The number of rotatable bonds is 2. The van der Waals surface area contributed by atoms with Gasteiger partial charge in [-0.25, -0.2) is 4.39 Å². The molecule has 2 rings (SSSR count). The van der Waals surface area contributed by atoms with Gasteiger partial charge in [-0.15, -0.1) is 0 Å². The van der Waals surface area contributed by atoms with Crippen LogP contribution in [0.1, 0.15) is 5.56 Å². The van der Waals surface area contributed by atoms with Gasteiger partial charge in [0, 0.05) is 27.7 Å². The van der Waals surface area contributed by atoms with Gasteiger partial charge in [-0.3, -0.25) is 0 Å². The summed E-state index contributed by atoms with van der Waals surface area (Å²) in [7, 11) is 0. The first kappa shape index (κ1) is 12.4. The van der Waals surface area contributed by atoms with Crippen molar-refractivity contribution < 1.29 is 4.39 Å². The standard InChI is InChI=1S/C13H10Cl2FN/c14-10-3-4-12(15)11(6-10)8-1-2-9(7-17)13(16)5-8/h1-6H,7,17H2. The second-order valence-electron chi connectivity index (χ2n) is 3.63. The zero-order chi connectivity index (χ0) is 12.4. The number of halogens is 3. The Hall–Kier alpha value is -1.09. The SMILES string of the molecule is NCc1ccc(-c2cc(Cl)ccc2Cl)cc1F. The summed E-state index contributed by atoms with van der Waals surface area (Å²) in [6.07, 6.45) is 0. The summed E-state index contributed by atoms with van der Waals surface area (Å²) in [5.41, 5.74) is 7.28. The summed E-state index contributed by atoms with van der Waals surface area (Å²) in [5, 5.41) is 1.10. The van der Waals surface area contributed by atoms with E-state index in [1.807, 2.05) is 0 Å². The van der Waals surface area contributed by atoms with Gasteiger partial charge in [0.05, 0.1) is 0 Å². The summed E-state index contributed by atoms with van der Waals surface area (Å²) >= 11 is 11.9. The highest BCUT2D eigenvalue weighted by Gasteiger charge is 2.07. The van der Waals surface area contributed by atoms with Crippen LogP contribution in [0.2, 0.25) is 10.0 Å². The summed E-state index contributed by atoms with van der Waals surface area (Å²) < 4.78 is 13.6. The lowest BCUT2D eigenvalue weighted by molar-refractivity contribution is 0.611. The van der Waals surface area contributed by atoms with Gasteiger partial charge in [-0.05, 0) is 29.8 Å². The largest absolute Gasteiger partial charge is 0.326 e. The van der Waals surface area contributed by atoms with E-state index < -0.39 is 0 Å². The molecule has 1 nitrogen and oxygen atoms in total. The second-order valence-corrected chi connectivity index (χ2v) is 4.48. The first-order valence-electron chi connectivity index (χ1n) is 5.05. The molecule has 0 saturated carbocycles. The summed E-state index contributed by atoms with van der Waals surface area (Å²) in [4.78, 5) is 0. The van der Waals surface area contributed by atoms with Crippen molar-refractivity contribution in [3.05, 3.63) is 57.8 Å². The van der Waals surface area contributed by atoms with E-state index in [0.717, 1.165) is 0 Å². The van der Waals surface area contributed by atoms with E-state index in [4.69, 9.17) is 28.9 Å². The number of benzene rings is 2. The molecule has 0 radical (unpaired) electrons. The van der Waals surface area contributed by atoms with Crippen LogP contribution in [0.3, 0.4) is 0 Å². The number of hydrogen-bond acceptors (Lipinski definition) is 1. The average Bonchev–Trinajstić information content (AvgIpc) is 2.32. The Morgan fingerprint density at radius 3 is 2.47 bits per heavy atom. The Labute approximate surface area is 109 Å². The zero-order valence-corrected chi connectivity index (χ0v) is 10.4. The lowest BCUT2D eigenvalue weighted by Gasteiger charge is -2.07. The summed E-state index contributed by atoms with van der Waals surface area (Å²) in [6, 6.07) is 9.94. The minimum atomic E-state index is -0.332. The van der Waals surface area contributed by atoms with Crippen molar-refractivity contribution in [3.8, 4) is 11.1 Å². The van der Waals surface area contributed by atoms with Crippen LogP contribution in [0.25, 0.3) is 11.1 Å². The van der Waals surface area contributed by atoms with Crippen LogP contribution in [0.15, 0.2) is 36.4 Å². The molecule has 0 spiro atoms. The first-order chi connectivity index (χ1) is 8.11. The van der Waals surface area contributed by atoms with E-state index in [1.54, 1.807) is 30.3 Å². The summed E-state index contributed by atoms with van der Waals surface area (Å²) in [6.45, 7) is 0.176. The lowest BCUT2D eigenvalue weighted by atomic mass is 10.0. The molecule has 2 aromatic rings. The van der Waals surface area contributed by atoms with Gasteiger partial charge in [-0.1, -0.05) is 35.3 Å². The van der Waals surface area contributed by atoms with Crippen molar-refractivity contribution in [2.24, 2.45) is 5.73 Å². The fourth-order valence-electron chi connectivity index (χ4n) is 1.60. The minimum absolute atomic E-state index is 0.176. The summed E-state index contributed by atoms with van der Waals surface area (Å²) in [5.74, 6) is -0.332. The van der Waals surface area contributed by atoms with Crippen LogP contribution in [0.4, 0.5) is 4.39 Å². The molecule has 0 aromatic heterocycles. The fraction of sp³-hybridized carbons (Fsp3) is 0.0769. The van der Waals surface area contributed by atoms with Crippen LogP contribution in [0.5, 0.6) is 0 Å². The van der Waals surface area contributed by atoms with Gasteiger partial charge >= 0.3 is 0 Å². The zero-order valence-electron chi connectivity index (χ0n) is 8.88. The van der Waals surface area contributed by atoms with Gasteiger partial charge in [0.15, 0.2) is 0 Å². The van der Waals surface area contributed by atoms with Crippen molar-refractivity contribution in [1.82, 2.24) is 0 Å². The Morgan fingerprint density at radius 1 is 1.06 bits per heavy atom. The van der Waals surface area contributed by atoms with Crippen LogP contribution < -0.4 is 5.73 Å². The topological polar surface area (TPSA) is 26.0 Å². The van der Waals surface area contributed by atoms with Crippen molar-refractivity contribution in [3.63, 3.8) is 0 Å². The third-order valence-electron chi connectivity index (χ3n) is 2.51. The molecule has 0 aliphatic rings. The number of nitrogens with two attached hydrogens (primary N) is 1. The molecule has 4 heteroatoms. The molecular formula is C13H10Cl2FN. The Balaban J connectivity index is 2.53. The van der Waals surface area contributed by atoms with E-state index in [-0.39, 0.29) is 12.4 Å². The maximum atomic E-state index is 13.6. The molecule has 88 valence electrons. The molecule has 0 bridgehead atoms. The van der Waals surface area contributed by atoms with Gasteiger partial charge in [0.2, 0.25) is 0 Å². The van der Waals surface area contributed by atoms with Gasteiger partial charge in [-0.2, -0.15) is 0 Å². The molecule has 17 heavy (non-hydrogen) atoms. The minimum Gasteiger partial charge on any atom is -0.326 e. The highest BCUT2D eigenvalue weighted by molar-refractivity contribution is 6.35. The first-order valence-corrected chi connectivity index (χ1v) is 5.81. The monoisotopic (exact) mass is 269 g/mol. The van der Waals surface area contributed by atoms with E-state index in [1.165, 1.54) is 6.07 Å². The molecule has 0 fully saturated rings. The predicted octanol–water partition coefficient (Wildman–Crippen LogP) is 4.26. The van der Waals surface area contributed by atoms with Crippen molar-refractivity contribution >= 4 is 23.2 Å². The average molecular weight is 270 g/mol. The molecule has 2 aromatic carbocycles. The van der Waals surface area contributed by atoms with Gasteiger partial charge in [0.25, 0.3) is 0 Å². The highest BCUT2D eigenvalue weighted by Crippen LogP contribution is 2.31. The molecule has 0 aliphatic heterocycles. The third-order valence-corrected chi connectivity index (χ3v) is 3.08. The Morgan fingerprint density at radius 2 is 1.82 bits per heavy atom. The third kappa shape index (κ3) is 2.60. The quantitative estimate of drug-likeness (QED) is 0.866. The van der Waals surface area contributed by atoms with E-state index in [2.05, 4.69) is 0 Å². The lowest BCUT2D eigenvalue weighted by Crippen LogP contribution is -1.99. The van der Waals surface area contributed by atoms with Crippen molar-refractivity contribution in [1.29, 1.82) is 0 Å². The van der Waals surface area contributed by atoms with Gasteiger partial charge in [0.1, 0.15) is 5.82 Å². The van der Waals surface area contributed by atoms with E-state index >= 15 is 0 Å². The van der Waals surface area contributed by atoms with Crippen LogP contribution in [-0.2, 0) is 6.54 Å². The molecule has 0 unspecified atom stereocenters. The van der Waals surface area contributed by atoms with E-state index in [0.29, 0.717) is 26.7 Å². The normalized spacial score (nSPS) is 10.6. The van der Waals surface area contributed by atoms with Crippen molar-refractivity contribution in [2.45, 2.75) is 6.54 Å². The van der Waals surface area contributed by atoms with Crippen LogP contribution >= 0.6 is 23.2 Å². The molecule has 0 saturated heterocycles. The van der Waals surface area contributed by atoms with Crippen LogP contribution in [-0.4, -0.2) is 0 Å². The molecular weight excluding hydrogens is 260 g/mol. The molecule has 0 atom stereocenters. The smallest absolute Gasteiger partial charge is 0.128 e. The maximum Gasteiger partial charge on any atom is 0.128 e. The molecule has 0 heterocycles. The van der Waals surface area contributed by atoms with E-state index in [9.17, 15) is 4.39 Å². The number of hydrogen-bond donors (Lipinski definition) is 1. The predicted molar refractivity (Wildman–Crippen MR) is 69.7 cm³/mol. The molecule has 0 amide bonds. The fourth-order valence-corrected chi connectivity index (χ4v) is 2.00. The molecule has 2 N–H and O–H groups in total. The van der Waals surface area contributed by atoms with Crippen molar-refractivity contribution in [2.75, 3.05) is 0 Å². The molecule has 0 aliphatic carbocycles.